The van der Waals surface area contributed by atoms with Crippen LogP contribution >= 0.6 is 0 Å². The van der Waals surface area contributed by atoms with Crippen LogP contribution in [0, 0.1) is 11.3 Å². The topological polar surface area (TPSA) is 68.4 Å². The van der Waals surface area contributed by atoms with Crippen LogP contribution < -0.4 is 5.32 Å². The van der Waals surface area contributed by atoms with Gasteiger partial charge in [-0.3, -0.25) is 5.32 Å². The zero-order valence-corrected chi connectivity index (χ0v) is 9.98. The normalized spacial score (nSPS) is 11.2. The third kappa shape index (κ3) is 4.66. The first-order valence-corrected chi connectivity index (χ1v) is 5.65. The molecule has 0 heterocycles. The van der Waals surface area contributed by atoms with Crippen LogP contribution in [0.1, 0.15) is 18.1 Å². The van der Waals surface area contributed by atoms with Crippen molar-refractivity contribution in [3.63, 3.8) is 0 Å². The van der Waals surface area contributed by atoms with E-state index in [1.165, 1.54) is 5.56 Å². The van der Waals surface area contributed by atoms with Crippen molar-refractivity contribution in [2.24, 2.45) is 5.16 Å². The zero-order chi connectivity index (χ0) is 12.5. The molecule has 0 aliphatic rings. The van der Waals surface area contributed by atoms with Crippen molar-refractivity contribution < 1.29 is 5.21 Å². The number of oxime groups is 1. The van der Waals surface area contributed by atoms with Gasteiger partial charge in [-0.1, -0.05) is 36.3 Å². The first-order valence-electron chi connectivity index (χ1n) is 5.65. The monoisotopic (exact) mass is 231 g/mol. The fourth-order valence-electron chi connectivity index (χ4n) is 1.52. The lowest BCUT2D eigenvalue weighted by molar-refractivity contribution is 0.317. The van der Waals surface area contributed by atoms with Crippen molar-refractivity contribution in [2.75, 3.05) is 13.1 Å². The summed E-state index contributed by atoms with van der Waals surface area (Å²) in [6, 6.07) is 10.2. The van der Waals surface area contributed by atoms with Gasteiger partial charge in [-0.2, -0.15) is 5.26 Å². The van der Waals surface area contributed by atoms with E-state index in [4.69, 9.17) is 10.5 Å². The molecule has 0 fully saturated rings. The number of nitrogens with zero attached hydrogens (tertiary/aromatic N) is 2. The van der Waals surface area contributed by atoms with Crippen LogP contribution in [0.3, 0.4) is 0 Å². The predicted octanol–water partition coefficient (Wildman–Crippen LogP) is 1.73. The Morgan fingerprint density at radius 1 is 1.35 bits per heavy atom. The highest BCUT2D eigenvalue weighted by atomic mass is 16.4. The van der Waals surface area contributed by atoms with Crippen molar-refractivity contribution in [1.29, 1.82) is 5.26 Å². The second kappa shape index (κ2) is 7.42. The molecular formula is C13H17N3O. The van der Waals surface area contributed by atoms with Gasteiger partial charge in [-0.25, -0.2) is 0 Å². The molecule has 4 heteroatoms. The Morgan fingerprint density at radius 2 is 2.00 bits per heavy atom. The van der Waals surface area contributed by atoms with Crippen molar-refractivity contribution in [3.8, 4) is 6.07 Å². The Balaban J connectivity index is 2.53. The van der Waals surface area contributed by atoms with E-state index in [9.17, 15) is 0 Å². The van der Waals surface area contributed by atoms with Crippen molar-refractivity contribution in [3.05, 3.63) is 35.4 Å². The molecule has 0 amide bonds. The lowest BCUT2D eigenvalue weighted by Crippen LogP contribution is -2.24. The van der Waals surface area contributed by atoms with Crippen molar-refractivity contribution in [2.45, 2.75) is 19.8 Å². The maximum absolute atomic E-state index is 8.85. The molecule has 2 N–H and O–H groups in total. The second-order valence-corrected chi connectivity index (χ2v) is 3.77. The van der Waals surface area contributed by atoms with Gasteiger partial charge < -0.3 is 5.21 Å². The minimum Gasteiger partial charge on any atom is -0.411 e. The molecular weight excluding hydrogens is 214 g/mol. The van der Waals surface area contributed by atoms with Crippen LogP contribution in [0.5, 0.6) is 0 Å². The van der Waals surface area contributed by atoms with E-state index >= 15 is 0 Å². The number of nitrogens with one attached hydrogen (secondary N) is 1. The van der Waals surface area contributed by atoms with Gasteiger partial charge in [0.1, 0.15) is 0 Å². The summed E-state index contributed by atoms with van der Waals surface area (Å²) < 4.78 is 0. The molecule has 1 aromatic carbocycles. The summed E-state index contributed by atoms with van der Waals surface area (Å²) in [6.07, 6.45) is 1.61. The third-order valence-corrected chi connectivity index (χ3v) is 2.51. The van der Waals surface area contributed by atoms with E-state index < -0.39 is 0 Å². The fraction of sp³-hybridized carbons (Fsp3) is 0.385. The third-order valence-electron chi connectivity index (χ3n) is 2.51. The van der Waals surface area contributed by atoms with Crippen LogP contribution in [0.2, 0.25) is 0 Å². The SMILES string of the molecule is CCc1ccc(CC(CNCC#N)=NO)cc1. The number of hydrogen-bond donors (Lipinski definition) is 2. The quantitative estimate of drug-likeness (QED) is 0.257. The standard InChI is InChI=1S/C13H17N3O/c1-2-11-3-5-12(6-4-11)9-13(16-17)10-15-8-7-14/h3-6,15,17H,2,8-10H2,1H3. The predicted molar refractivity (Wildman–Crippen MR) is 67.2 cm³/mol. The molecule has 0 aliphatic carbocycles. The lowest BCUT2D eigenvalue weighted by Gasteiger charge is -2.05. The number of benzene rings is 1. The van der Waals surface area contributed by atoms with Crippen LogP contribution in [-0.4, -0.2) is 24.0 Å². The van der Waals surface area contributed by atoms with Gasteiger partial charge in [0.2, 0.25) is 0 Å². The average Bonchev–Trinajstić information content (AvgIpc) is 2.38. The average molecular weight is 231 g/mol. The molecule has 0 bridgehead atoms. The Labute approximate surface area is 102 Å². The van der Waals surface area contributed by atoms with Crippen LogP contribution in [0.25, 0.3) is 0 Å². The minimum atomic E-state index is 0.258. The first kappa shape index (κ1) is 13.2. The smallest absolute Gasteiger partial charge is 0.0844 e. The molecule has 4 nitrogen and oxygen atoms in total. The molecule has 0 aliphatic heterocycles. The zero-order valence-electron chi connectivity index (χ0n) is 9.98. The summed E-state index contributed by atoms with van der Waals surface area (Å²) in [5, 5.41) is 23.4. The lowest BCUT2D eigenvalue weighted by atomic mass is 10.1. The number of hydrogen-bond acceptors (Lipinski definition) is 4. The van der Waals surface area contributed by atoms with Gasteiger partial charge in [0, 0.05) is 13.0 Å². The Hall–Kier alpha value is -1.86. The molecule has 0 saturated carbocycles. The van der Waals surface area contributed by atoms with E-state index in [0.717, 1.165) is 12.0 Å². The highest BCUT2D eigenvalue weighted by Crippen LogP contribution is 2.06. The van der Waals surface area contributed by atoms with Crippen LogP contribution in [0.15, 0.2) is 29.4 Å². The molecule has 0 unspecified atom stereocenters. The van der Waals surface area contributed by atoms with Crippen molar-refractivity contribution >= 4 is 5.71 Å². The Kier molecular flexibility index (Phi) is 5.76. The van der Waals surface area contributed by atoms with Crippen LogP contribution in [-0.2, 0) is 12.8 Å². The maximum Gasteiger partial charge on any atom is 0.0844 e. The second-order valence-electron chi connectivity index (χ2n) is 3.77. The van der Waals surface area contributed by atoms with E-state index in [-0.39, 0.29) is 6.54 Å². The first-order chi connectivity index (χ1) is 8.30. The highest BCUT2D eigenvalue weighted by Gasteiger charge is 2.02. The summed E-state index contributed by atoms with van der Waals surface area (Å²) in [4.78, 5) is 0. The summed E-state index contributed by atoms with van der Waals surface area (Å²) >= 11 is 0. The van der Waals surface area contributed by atoms with E-state index in [1.807, 2.05) is 18.2 Å². The fourth-order valence-corrected chi connectivity index (χ4v) is 1.52. The number of rotatable bonds is 6. The molecule has 0 radical (unpaired) electrons. The largest absolute Gasteiger partial charge is 0.411 e. The molecule has 17 heavy (non-hydrogen) atoms. The maximum atomic E-state index is 8.85. The summed E-state index contributed by atoms with van der Waals surface area (Å²) in [7, 11) is 0. The van der Waals surface area contributed by atoms with Gasteiger partial charge in [0.25, 0.3) is 0 Å². The molecule has 0 atom stereocenters. The van der Waals surface area contributed by atoms with Gasteiger partial charge in [0.15, 0.2) is 0 Å². The van der Waals surface area contributed by atoms with Gasteiger partial charge in [0.05, 0.1) is 18.3 Å². The van der Waals surface area contributed by atoms with E-state index in [2.05, 4.69) is 29.5 Å². The molecule has 0 saturated heterocycles. The van der Waals surface area contributed by atoms with Gasteiger partial charge in [-0.05, 0) is 17.5 Å². The highest BCUT2D eigenvalue weighted by molar-refractivity contribution is 5.87. The van der Waals surface area contributed by atoms with Gasteiger partial charge >= 0.3 is 0 Å². The van der Waals surface area contributed by atoms with E-state index in [1.54, 1.807) is 0 Å². The van der Waals surface area contributed by atoms with E-state index in [0.29, 0.717) is 18.7 Å². The number of nitriles is 1. The molecule has 90 valence electrons. The molecule has 1 aromatic rings. The summed E-state index contributed by atoms with van der Waals surface area (Å²) in [5.41, 5.74) is 3.03. The molecule has 0 spiro atoms. The molecule has 0 aromatic heterocycles. The summed E-state index contributed by atoms with van der Waals surface area (Å²) in [6.45, 7) is 2.80. The number of aryl methyl sites for hydroxylation is 1. The summed E-state index contributed by atoms with van der Waals surface area (Å²) in [5.74, 6) is 0. The van der Waals surface area contributed by atoms with Gasteiger partial charge in [-0.15, -0.1) is 0 Å². The van der Waals surface area contributed by atoms with Crippen molar-refractivity contribution in [1.82, 2.24) is 5.32 Å². The Bertz CT molecular complexity index is 404. The minimum absolute atomic E-state index is 0.258. The van der Waals surface area contributed by atoms with Crippen LogP contribution in [0.4, 0.5) is 0 Å². The molecule has 1 rings (SSSR count). The Morgan fingerprint density at radius 3 is 2.53 bits per heavy atom.